The maximum atomic E-state index is 11.8. The van der Waals surface area contributed by atoms with Crippen LogP contribution in [0.5, 0.6) is 0 Å². The molecule has 0 radical (unpaired) electrons. The largest absolute Gasteiger partial charge is 0.365 e. The van der Waals surface area contributed by atoms with Gasteiger partial charge in [-0.05, 0) is 13.0 Å². The zero-order valence-electron chi connectivity index (χ0n) is 11.1. The summed E-state index contributed by atoms with van der Waals surface area (Å²) in [4.78, 5) is 14.0. The molecule has 0 amide bonds. The Morgan fingerprint density at radius 2 is 1.95 bits per heavy atom. The Kier molecular flexibility index (Phi) is 3.60. The second kappa shape index (κ2) is 5.13. The zero-order chi connectivity index (χ0) is 14.4. The third kappa shape index (κ3) is 2.08. The van der Waals surface area contributed by atoms with Crippen molar-refractivity contribution in [3.63, 3.8) is 0 Å². The van der Waals surface area contributed by atoms with E-state index in [9.17, 15) is 4.79 Å². The number of fused-ring (bicyclic) bond motifs is 1. The van der Waals surface area contributed by atoms with Crippen LogP contribution >= 0.6 is 23.2 Å². The summed E-state index contributed by atoms with van der Waals surface area (Å²) in [7, 11) is 0. The highest BCUT2D eigenvalue weighted by atomic mass is 35.5. The highest BCUT2D eigenvalue weighted by Gasteiger charge is 2.34. The van der Waals surface area contributed by atoms with Gasteiger partial charge in [0.15, 0.2) is 0 Å². The number of carbonyl (C=O) groups is 1. The van der Waals surface area contributed by atoms with Crippen LogP contribution in [0, 0.1) is 5.92 Å². The smallest absolute Gasteiger partial charge is 0.139 e. The highest BCUT2D eigenvalue weighted by Crippen LogP contribution is 2.50. The molecule has 20 heavy (non-hydrogen) atoms. The Hall–Kier alpha value is -0.910. The highest BCUT2D eigenvalue weighted by molar-refractivity contribution is 7.58. The minimum atomic E-state index is -0.0165. The molecule has 106 valence electrons. The number of hydrogen-bond acceptors (Lipinski definition) is 4. The van der Waals surface area contributed by atoms with E-state index < -0.39 is 0 Å². The quantitative estimate of drug-likeness (QED) is 0.771. The van der Waals surface area contributed by atoms with E-state index in [0.717, 1.165) is 22.7 Å². The van der Waals surface area contributed by atoms with Crippen LogP contribution in [-0.4, -0.2) is 18.4 Å². The lowest BCUT2D eigenvalue weighted by Crippen LogP contribution is -2.47. The molecule has 0 aliphatic carbocycles. The van der Waals surface area contributed by atoms with Crippen molar-refractivity contribution in [2.24, 2.45) is 14.6 Å². The fourth-order valence-electron chi connectivity index (χ4n) is 2.65. The number of piperidine rings is 1. The molecule has 2 aliphatic heterocycles. The molecule has 4 nitrogen and oxygen atoms in total. The number of benzene rings is 1. The van der Waals surface area contributed by atoms with E-state index in [2.05, 4.69) is 13.6 Å². The van der Waals surface area contributed by atoms with Gasteiger partial charge in [0.25, 0.3) is 0 Å². The van der Waals surface area contributed by atoms with Gasteiger partial charge in [-0.1, -0.05) is 30.1 Å². The topological polar surface area (TPSA) is 45.0 Å². The second-order valence-corrected chi connectivity index (χ2v) is 6.43. The van der Waals surface area contributed by atoms with Crippen LogP contribution in [0.25, 0.3) is 0 Å². The van der Waals surface area contributed by atoms with E-state index >= 15 is 0 Å². The van der Waals surface area contributed by atoms with Gasteiger partial charge in [0.05, 0.1) is 27.1 Å². The van der Waals surface area contributed by atoms with Crippen molar-refractivity contribution in [3.05, 3.63) is 16.1 Å². The molecular weight excluding hydrogens is 317 g/mol. The molecule has 7 heteroatoms. The summed E-state index contributed by atoms with van der Waals surface area (Å²) in [6, 6.07) is 1.79. The monoisotopic (exact) mass is 329 g/mol. The molecular formula is C13H13Cl2N3OS. The Bertz CT molecular complexity index is 670. The lowest BCUT2D eigenvalue weighted by atomic mass is 9.90. The Morgan fingerprint density at radius 1 is 1.25 bits per heavy atom. The minimum absolute atomic E-state index is 0.0165. The molecule has 2 aliphatic rings. The zero-order valence-corrected chi connectivity index (χ0v) is 13.4. The Labute approximate surface area is 130 Å². The van der Waals surface area contributed by atoms with Gasteiger partial charge in [0, 0.05) is 24.9 Å². The van der Waals surface area contributed by atoms with Crippen LogP contribution in [0.1, 0.15) is 20.3 Å². The summed E-state index contributed by atoms with van der Waals surface area (Å²) in [5, 5.41) is 1.07. The third-order valence-corrected chi connectivity index (χ3v) is 5.13. The molecule has 0 aromatic heterocycles. The second-order valence-electron chi connectivity index (χ2n) is 5.09. The van der Waals surface area contributed by atoms with Gasteiger partial charge in [-0.2, -0.15) is 8.73 Å². The van der Waals surface area contributed by atoms with Crippen LogP contribution in [0.3, 0.4) is 0 Å². The number of halogens is 2. The number of ketones is 1. The van der Waals surface area contributed by atoms with E-state index in [4.69, 9.17) is 23.2 Å². The molecule has 0 spiro atoms. The van der Waals surface area contributed by atoms with Gasteiger partial charge in [-0.3, -0.25) is 4.79 Å². The van der Waals surface area contributed by atoms with E-state index in [0.29, 0.717) is 34.5 Å². The van der Waals surface area contributed by atoms with Crippen LogP contribution < -0.4 is 4.90 Å². The first-order valence-corrected chi connectivity index (χ1v) is 7.89. The van der Waals surface area contributed by atoms with Crippen LogP contribution in [0.15, 0.2) is 14.8 Å². The maximum Gasteiger partial charge on any atom is 0.139 e. The Morgan fingerprint density at radius 3 is 2.70 bits per heavy atom. The van der Waals surface area contributed by atoms with E-state index in [-0.39, 0.29) is 12.0 Å². The van der Waals surface area contributed by atoms with E-state index in [1.54, 1.807) is 6.07 Å². The van der Waals surface area contributed by atoms with Gasteiger partial charge in [0.2, 0.25) is 0 Å². The first kappa shape index (κ1) is 14.0. The van der Waals surface area contributed by atoms with Crippen molar-refractivity contribution in [2.45, 2.75) is 26.3 Å². The molecule has 2 atom stereocenters. The van der Waals surface area contributed by atoms with Gasteiger partial charge in [-0.25, -0.2) is 0 Å². The molecule has 0 bridgehead atoms. The number of nitrogens with zero attached hydrogens (tertiary/aromatic N) is 3. The number of rotatable bonds is 1. The number of Topliss-reactive ketones (excluding diaryl/α,β-unsaturated/α-hetero) is 1. The molecule has 1 fully saturated rings. The molecule has 2 unspecified atom stereocenters. The lowest BCUT2D eigenvalue weighted by Gasteiger charge is -2.39. The number of hydrogen-bond donors (Lipinski definition) is 0. The fraction of sp³-hybridized carbons (Fsp3) is 0.462. The summed E-state index contributed by atoms with van der Waals surface area (Å²) in [5.41, 5.74) is 2.24. The van der Waals surface area contributed by atoms with E-state index in [1.807, 2.05) is 13.8 Å². The standard InChI is InChI=1S/C13H13Cl2N3OS/c1-6-7(2)18(4-3-10(6)19)13-9(15)5-8(14)11-12(13)17-20-16-11/h5-7H,3-4H2,1-2H3. The van der Waals surface area contributed by atoms with Gasteiger partial charge in [0.1, 0.15) is 17.2 Å². The van der Waals surface area contributed by atoms with Crippen molar-refractivity contribution in [1.29, 1.82) is 0 Å². The SMILES string of the molecule is CC1C(=O)CCN(c2c(Cl)cc(Cl)c3c2N=S=N3)C1C. The van der Waals surface area contributed by atoms with Crippen LogP contribution in [0.2, 0.25) is 10.0 Å². The molecule has 0 saturated carbocycles. The summed E-state index contributed by atoms with van der Waals surface area (Å²) in [6.45, 7) is 4.65. The predicted octanol–water partition coefficient (Wildman–Crippen LogP) is 4.52. The number of anilines is 1. The predicted molar refractivity (Wildman–Crippen MR) is 83.6 cm³/mol. The summed E-state index contributed by atoms with van der Waals surface area (Å²) in [5.74, 6) is 0.281. The molecule has 1 aromatic carbocycles. The lowest BCUT2D eigenvalue weighted by molar-refractivity contribution is -0.123. The van der Waals surface area contributed by atoms with Gasteiger partial charge >= 0.3 is 0 Å². The van der Waals surface area contributed by atoms with Gasteiger partial charge < -0.3 is 4.90 Å². The maximum absolute atomic E-state index is 11.8. The van der Waals surface area contributed by atoms with Crippen molar-refractivity contribution in [1.82, 2.24) is 0 Å². The van der Waals surface area contributed by atoms with Crippen LogP contribution in [-0.2, 0) is 16.1 Å². The first-order chi connectivity index (χ1) is 9.50. The van der Waals surface area contributed by atoms with Crippen molar-refractivity contribution >= 4 is 57.4 Å². The minimum Gasteiger partial charge on any atom is -0.365 e. The molecule has 0 N–H and O–H groups in total. The van der Waals surface area contributed by atoms with Crippen molar-refractivity contribution < 1.29 is 4.79 Å². The van der Waals surface area contributed by atoms with Crippen molar-refractivity contribution in [3.8, 4) is 0 Å². The van der Waals surface area contributed by atoms with E-state index in [1.165, 1.54) is 0 Å². The summed E-state index contributed by atoms with van der Waals surface area (Å²) < 4.78 is 8.55. The molecule has 3 rings (SSSR count). The molecule has 1 saturated heterocycles. The molecule has 1 aromatic rings. The fourth-order valence-corrected chi connectivity index (χ4v) is 3.87. The summed E-state index contributed by atoms with van der Waals surface area (Å²) in [6.07, 6.45) is 0.531. The third-order valence-electron chi connectivity index (χ3n) is 4.03. The van der Waals surface area contributed by atoms with Crippen LogP contribution in [0.4, 0.5) is 17.1 Å². The average Bonchev–Trinajstić information content (AvgIpc) is 2.88. The summed E-state index contributed by atoms with van der Waals surface area (Å²) >= 11 is 13.6. The molecule has 2 heterocycles. The average molecular weight is 330 g/mol. The van der Waals surface area contributed by atoms with Gasteiger partial charge in [-0.15, -0.1) is 0 Å². The first-order valence-electron chi connectivity index (χ1n) is 6.40. The van der Waals surface area contributed by atoms with Crippen molar-refractivity contribution in [2.75, 3.05) is 11.4 Å². The number of carbonyl (C=O) groups excluding carboxylic acids is 1. The normalized spacial score (nSPS) is 24.8. The Balaban J connectivity index is 2.10.